The van der Waals surface area contributed by atoms with E-state index in [0.717, 1.165) is 0 Å². The summed E-state index contributed by atoms with van der Waals surface area (Å²) in [5, 5.41) is 13.2. The van der Waals surface area contributed by atoms with Crippen LogP contribution in [0.15, 0.2) is 4.42 Å². The van der Waals surface area contributed by atoms with Crippen LogP contribution >= 0.6 is 0 Å². The minimum Gasteiger partial charge on any atom is -0.474 e. The molecule has 0 saturated heterocycles. The Morgan fingerprint density at radius 3 is 1.88 bits per heavy atom. The summed E-state index contributed by atoms with van der Waals surface area (Å²) in [6.45, 7) is 0. The van der Waals surface area contributed by atoms with Crippen molar-refractivity contribution in [1.29, 1.82) is 0 Å². The van der Waals surface area contributed by atoms with E-state index in [9.17, 15) is 31.1 Å². The molecule has 0 radical (unpaired) electrons. The molecule has 17 heavy (non-hydrogen) atoms. The van der Waals surface area contributed by atoms with E-state index < -0.39 is 36.0 Å². The maximum Gasteiger partial charge on any atom is 0.409 e. The molecule has 1 aromatic rings. The number of alkyl halides is 6. The monoisotopic (exact) mass is 264 g/mol. The van der Waals surface area contributed by atoms with Gasteiger partial charge in [0.2, 0.25) is 11.8 Å². The molecule has 0 saturated carbocycles. The van der Waals surface area contributed by atoms with Crippen molar-refractivity contribution in [3.05, 3.63) is 11.8 Å². The van der Waals surface area contributed by atoms with Crippen LogP contribution in [0.2, 0.25) is 0 Å². The summed E-state index contributed by atoms with van der Waals surface area (Å²) in [4.78, 5) is 10.2. The van der Waals surface area contributed by atoms with E-state index >= 15 is 0 Å². The van der Waals surface area contributed by atoms with Crippen LogP contribution < -0.4 is 0 Å². The highest BCUT2D eigenvalue weighted by molar-refractivity contribution is 5.81. The summed E-state index contributed by atoms with van der Waals surface area (Å²) in [5.41, 5.74) is 0. The summed E-state index contributed by atoms with van der Waals surface area (Å²) in [6, 6.07) is 0. The molecular formula is C6H2F6N2O3. The standard InChI is InChI=1S/C6H2F6N2O3/c7-5(8,9)1(6(10,11)12)2-13-14-3(17-2)4(15)16/h1H,(H,15,16). The molecule has 0 aromatic carbocycles. The van der Waals surface area contributed by atoms with Gasteiger partial charge < -0.3 is 9.52 Å². The van der Waals surface area contributed by atoms with Crippen molar-refractivity contribution in [3.63, 3.8) is 0 Å². The molecule has 1 rings (SSSR count). The third-order valence-electron chi connectivity index (χ3n) is 1.53. The molecule has 1 heterocycles. The lowest BCUT2D eigenvalue weighted by molar-refractivity contribution is -0.258. The Kier molecular flexibility index (Phi) is 3.03. The molecule has 11 heteroatoms. The summed E-state index contributed by atoms with van der Waals surface area (Å²) < 4.78 is 76.5. The maximum atomic E-state index is 12.1. The van der Waals surface area contributed by atoms with Crippen LogP contribution in [0.5, 0.6) is 0 Å². The van der Waals surface area contributed by atoms with Crippen LogP contribution in [0.25, 0.3) is 0 Å². The van der Waals surface area contributed by atoms with Gasteiger partial charge in [0, 0.05) is 0 Å². The highest BCUT2D eigenvalue weighted by Gasteiger charge is 2.60. The Hall–Kier alpha value is -1.81. The number of rotatable bonds is 2. The zero-order valence-electron chi connectivity index (χ0n) is 7.50. The van der Waals surface area contributed by atoms with Crippen molar-refractivity contribution < 1.29 is 40.7 Å². The Labute approximate surface area is 88.0 Å². The van der Waals surface area contributed by atoms with Gasteiger partial charge in [-0.2, -0.15) is 26.3 Å². The average molecular weight is 264 g/mol. The molecule has 0 bridgehead atoms. The van der Waals surface area contributed by atoms with E-state index in [1.807, 2.05) is 0 Å². The lowest BCUT2D eigenvalue weighted by atomic mass is 10.1. The third-order valence-corrected chi connectivity index (χ3v) is 1.53. The fourth-order valence-electron chi connectivity index (χ4n) is 0.903. The first-order chi connectivity index (χ1) is 7.53. The van der Waals surface area contributed by atoms with Gasteiger partial charge in [-0.3, -0.25) is 0 Å². The van der Waals surface area contributed by atoms with Crippen LogP contribution in [0.4, 0.5) is 26.3 Å². The largest absolute Gasteiger partial charge is 0.474 e. The molecule has 0 aliphatic heterocycles. The zero-order chi connectivity index (χ0) is 13.4. The van der Waals surface area contributed by atoms with Gasteiger partial charge in [0.05, 0.1) is 0 Å². The van der Waals surface area contributed by atoms with E-state index in [4.69, 9.17) is 5.11 Å². The number of carbonyl (C=O) groups is 1. The van der Waals surface area contributed by atoms with Crippen molar-refractivity contribution in [1.82, 2.24) is 10.2 Å². The van der Waals surface area contributed by atoms with Gasteiger partial charge in [-0.15, -0.1) is 10.2 Å². The number of carboxylic acid groups (broad SMARTS) is 1. The number of halogens is 6. The number of carboxylic acids is 1. The lowest BCUT2D eigenvalue weighted by Gasteiger charge is -2.19. The first-order valence-corrected chi connectivity index (χ1v) is 3.73. The van der Waals surface area contributed by atoms with E-state index in [1.54, 1.807) is 0 Å². The van der Waals surface area contributed by atoms with Gasteiger partial charge in [-0.25, -0.2) is 4.79 Å². The number of hydrogen-bond donors (Lipinski definition) is 1. The molecule has 1 aromatic heterocycles. The normalized spacial score (nSPS) is 13.1. The Morgan fingerprint density at radius 1 is 1.12 bits per heavy atom. The molecule has 0 fully saturated rings. The molecule has 5 nitrogen and oxygen atoms in total. The Balaban J connectivity index is 3.19. The zero-order valence-corrected chi connectivity index (χ0v) is 7.50. The van der Waals surface area contributed by atoms with Crippen molar-refractivity contribution in [3.8, 4) is 0 Å². The molecule has 0 amide bonds. The van der Waals surface area contributed by atoms with Crippen LogP contribution in [0.1, 0.15) is 22.5 Å². The SMILES string of the molecule is O=C(O)c1nnc(C(C(F)(F)F)C(F)(F)F)o1. The van der Waals surface area contributed by atoms with Crippen molar-refractivity contribution in [2.24, 2.45) is 0 Å². The van der Waals surface area contributed by atoms with Crippen LogP contribution in [0, 0.1) is 0 Å². The number of aromatic nitrogens is 2. The maximum absolute atomic E-state index is 12.1. The Morgan fingerprint density at radius 2 is 1.59 bits per heavy atom. The van der Waals surface area contributed by atoms with Gasteiger partial charge in [0.25, 0.3) is 0 Å². The summed E-state index contributed by atoms with van der Waals surface area (Å²) >= 11 is 0. The predicted octanol–water partition coefficient (Wildman–Crippen LogP) is 1.98. The number of nitrogens with zero attached hydrogens (tertiary/aromatic N) is 2. The van der Waals surface area contributed by atoms with E-state index in [0.29, 0.717) is 0 Å². The van der Waals surface area contributed by atoms with Crippen molar-refractivity contribution in [2.45, 2.75) is 18.3 Å². The molecule has 96 valence electrons. The molecule has 0 spiro atoms. The first kappa shape index (κ1) is 13.3. The summed E-state index contributed by atoms with van der Waals surface area (Å²) in [7, 11) is 0. The van der Waals surface area contributed by atoms with Crippen molar-refractivity contribution >= 4 is 5.97 Å². The van der Waals surface area contributed by atoms with E-state index in [1.165, 1.54) is 0 Å². The quantitative estimate of drug-likeness (QED) is 0.826. The number of hydrogen-bond acceptors (Lipinski definition) is 4. The van der Waals surface area contributed by atoms with Gasteiger partial charge in [0.15, 0.2) is 0 Å². The average Bonchev–Trinajstić information content (AvgIpc) is 2.46. The van der Waals surface area contributed by atoms with E-state index in [-0.39, 0.29) is 0 Å². The summed E-state index contributed by atoms with van der Waals surface area (Å²) in [6.07, 6.45) is -11.4. The molecule has 0 unspecified atom stereocenters. The predicted molar refractivity (Wildman–Crippen MR) is 36.1 cm³/mol. The van der Waals surface area contributed by atoms with Gasteiger partial charge in [-0.1, -0.05) is 0 Å². The first-order valence-electron chi connectivity index (χ1n) is 3.73. The lowest BCUT2D eigenvalue weighted by Crippen LogP contribution is -2.34. The van der Waals surface area contributed by atoms with E-state index in [2.05, 4.69) is 14.6 Å². The smallest absolute Gasteiger partial charge is 0.409 e. The molecule has 0 aliphatic rings. The second-order valence-corrected chi connectivity index (χ2v) is 2.77. The summed E-state index contributed by atoms with van der Waals surface area (Å²) in [5.74, 6) is -9.14. The van der Waals surface area contributed by atoms with Gasteiger partial charge in [0.1, 0.15) is 0 Å². The highest BCUT2D eigenvalue weighted by atomic mass is 19.4. The van der Waals surface area contributed by atoms with Crippen molar-refractivity contribution in [2.75, 3.05) is 0 Å². The van der Waals surface area contributed by atoms with Gasteiger partial charge in [-0.05, 0) is 0 Å². The van der Waals surface area contributed by atoms with Crippen LogP contribution in [0.3, 0.4) is 0 Å². The fourth-order valence-corrected chi connectivity index (χ4v) is 0.903. The fraction of sp³-hybridized carbons (Fsp3) is 0.500. The van der Waals surface area contributed by atoms with Crippen LogP contribution in [-0.2, 0) is 0 Å². The molecule has 0 aliphatic carbocycles. The third kappa shape index (κ3) is 2.85. The topological polar surface area (TPSA) is 76.2 Å². The second kappa shape index (κ2) is 3.89. The second-order valence-electron chi connectivity index (χ2n) is 2.77. The minimum absolute atomic E-state index is 1.35. The van der Waals surface area contributed by atoms with Gasteiger partial charge >= 0.3 is 24.2 Å². The number of aromatic carboxylic acids is 1. The van der Waals surface area contributed by atoms with Crippen LogP contribution in [-0.4, -0.2) is 33.6 Å². The highest BCUT2D eigenvalue weighted by Crippen LogP contribution is 2.45. The molecule has 1 N–H and O–H groups in total. The molecule has 0 atom stereocenters. The Bertz CT molecular complexity index is 408. The minimum atomic E-state index is -5.71. The molecular weight excluding hydrogens is 262 g/mol.